The molecular weight excluding hydrogens is 254 g/mol. The zero-order valence-electron chi connectivity index (χ0n) is 12.5. The Bertz CT molecular complexity index is 506. The molecule has 0 saturated heterocycles. The van der Waals surface area contributed by atoms with Crippen LogP contribution in [0.5, 0.6) is 5.75 Å². The topological polar surface area (TPSA) is 56.6 Å². The fraction of sp³-hybridized carbons (Fsp3) is 0.467. The van der Waals surface area contributed by atoms with Crippen molar-refractivity contribution in [2.45, 2.75) is 13.5 Å². The van der Waals surface area contributed by atoms with Crippen molar-refractivity contribution < 1.29 is 9.53 Å². The summed E-state index contributed by atoms with van der Waals surface area (Å²) in [5, 5.41) is 9.08. The van der Waals surface area contributed by atoms with Gasteiger partial charge in [-0.2, -0.15) is 5.26 Å². The first kappa shape index (κ1) is 16.0. The van der Waals surface area contributed by atoms with E-state index in [1.165, 1.54) is 0 Å². The molecule has 0 aliphatic carbocycles. The van der Waals surface area contributed by atoms with Gasteiger partial charge in [0.15, 0.2) is 0 Å². The number of amides is 1. The summed E-state index contributed by atoms with van der Waals surface area (Å²) in [5.41, 5.74) is 1.51. The van der Waals surface area contributed by atoms with Crippen LogP contribution in [-0.4, -0.2) is 50.0 Å². The van der Waals surface area contributed by atoms with Crippen molar-refractivity contribution in [1.29, 1.82) is 5.26 Å². The number of carbonyl (C=O) groups excluding carboxylic acids is 1. The maximum absolute atomic E-state index is 11.7. The highest BCUT2D eigenvalue weighted by atomic mass is 16.5. The van der Waals surface area contributed by atoms with E-state index in [-0.39, 0.29) is 5.91 Å². The van der Waals surface area contributed by atoms with Crippen molar-refractivity contribution in [1.82, 2.24) is 9.80 Å². The molecule has 108 valence electrons. The Morgan fingerprint density at radius 3 is 2.60 bits per heavy atom. The zero-order valence-corrected chi connectivity index (χ0v) is 12.5. The van der Waals surface area contributed by atoms with E-state index in [4.69, 9.17) is 10.00 Å². The van der Waals surface area contributed by atoms with Crippen molar-refractivity contribution in [3.05, 3.63) is 29.3 Å². The Balaban J connectivity index is 2.80. The standard InChI is InChI=1S/C15H21N3O2/c1-5-18(11-15(19)17(2)3)10-12-6-7-14(20-4)13(8-12)9-16/h6-8H,5,10-11H2,1-4H3. The molecule has 1 aromatic carbocycles. The van der Waals surface area contributed by atoms with Crippen molar-refractivity contribution >= 4 is 5.91 Å². The minimum atomic E-state index is 0.0702. The van der Waals surface area contributed by atoms with Gasteiger partial charge in [0.1, 0.15) is 11.8 Å². The van der Waals surface area contributed by atoms with E-state index >= 15 is 0 Å². The van der Waals surface area contributed by atoms with Crippen LogP contribution in [0.1, 0.15) is 18.1 Å². The van der Waals surface area contributed by atoms with Crippen LogP contribution < -0.4 is 4.74 Å². The lowest BCUT2D eigenvalue weighted by molar-refractivity contribution is -0.130. The molecule has 0 N–H and O–H groups in total. The van der Waals surface area contributed by atoms with Crippen molar-refractivity contribution in [2.75, 3.05) is 34.3 Å². The van der Waals surface area contributed by atoms with Gasteiger partial charge in [0.25, 0.3) is 0 Å². The summed E-state index contributed by atoms with van der Waals surface area (Å²) < 4.78 is 5.12. The molecule has 0 fully saturated rings. The van der Waals surface area contributed by atoms with Crippen LogP contribution in [0.2, 0.25) is 0 Å². The van der Waals surface area contributed by atoms with Gasteiger partial charge >= 0.3 is 0 Å². The maximum atomic E-state index is 11.7. The minimum absolute atomic E-state index is 0.0702. The number of carbonyl (C=O) groups is 1. The van der Waals surface area contributed by atoms with Crippen molar-refractivity contribution in [3.63, 3.8) is 0 Å². The second kappa shape index (κ2) is 7.51. The number of ether oxygens (including phenoxy) is 1. The average Bonchev–Trinajstić information content (AvgIpc) is 2.45. The van der Waals surface area contributed by atoms with Crippen LogP contribution in [-0.2, 0) is 11.3 Å². The van der Waals surface area contributed by atoms with E-state index in [1.54, 1.807) is 32.2 Å². The van der Waals surface area contributed by atoms with Crippen LogP contribution in [0.15, 0.2) is 18.2 Å². The molecule has 20 heavy (non-hydrogen) atoms. The van der Waals surface area contributed by atoms with Gasteiger partial charge in [-0.15, -0.1) is 0 Å². The molecule has 5 nitrogen and oxygen atoms in total. The van der Waals surface area contributed by atoms with Gasteiger partial charge in [-0.3, -0.25) is 9.69 Å². The lowest BCUT2D eigenvalue weighted by Crippen LogP contribution is -2.36. The quantitative estimate of drug-likeness (QED) is 0.789. The highest BCUT2D eigenvalue weighted by Gasteiger charge is 2.12. The molecule has 0 spiro atoms. The first-order valence-corrected chi connectivity index (χ1v) is 6.51. The monoisotopic (exact) mass is 275 g/mol. The Morgan fingerprint density at radius 2 is 2.10 bits per heavy atom. The van der Waals surface area contributed by atoms with Gasteiger partial charge in [0.2, 0.25) is 5.91 Å². The van der Waals surface area contributed by atoms with E-state index in [0.717, 1.165) is 12.1 Å². The Hall–Kier alpha value is -2.06. The summed E-state index contributed by atoms with van der Waals surface area (Å²) in [5.74, 6) is 0.643. The molecule has 1 amide bonds. The highest BCUT2D eigenvalue weighted by Crippen LogP contribution is 2.19. The number of nitrogens with zero attached hydrogens (tertiary/aromatic N) is 3. The van der Waals surface area contributed by atoms with Gasteiger partial charge in [-0.25, -0.2) is 0 Å². The number of rotatable bonds is 6. The average molecular weight is 275 g/mol. The van der Waals surface area contributed by atoms with Crippen LogP contribution in [0.25, 0.3) is 0 Å². The van der Waals surface area contributed by atoms with Crippen molar-refractivity contribution in [2.24, 2.45) is 0 Å². The van der Waals surface area contributed by atoms with Crippen LogP contribution in [0.3, 0.4) is 0 Å². The van der Waals surface area contributed by atoms with E-state index in [9.17, 15) is 4.79 Å². The number of hydrogen-bond acceptors (Lipinski definition) is 4. The third-order valence-electron chi connectivity index (χ3n) is 3.10. The smallest absolute Gasteiger partial charge is 0.236 e. The van der Waals surface area contributed by atoms with Crippen LogP contribution in [0, 0.1) is 11.3 Å². The summed E-state index contributed by atoms with van der Waals surface area (Å²) >= 11 is 0. The molecule has 5 heteroatoms. The van der Waals surface area contributed by atoms with Gasteiger partial charge < -0.3 is 9.64 Å². The first-order chi connectivity index (χ1) is 9.51. The molecule has 0 saturated carbocycles. The molecule has 0 unspecified atom stereocenters. The second-order valence-electron chi connectivity index (χ2n) is 4.74. The third kappa shape index (κ3) is 4.25. The van der Waals surface area contributed by atoms with E-state index in [0.29, 0.717) is 24.4 Å². The molecular formula is C15H21N3O2. The molecule has 0 heterocycles. The molecule has 0 aromatic heterocycles. The normalized spacial score (nSPS) is 10.2. The predicted octanol–water partition coefficient (Wildman–Crippen LogP) is 1.48. The summed E-state index contributed by atoms with van der Waals surface area (Å²) in [6.07, 6.45) is 0. The summed E-state index contributed by atoms with van der Waals surface area (Å²) in [6.45, 7) is 3.79. The maximum Gasteiger partial charge on any atom is 0.236 e. The molecule has 1 aromatic rings. The first-order valence-electron chi connectivity index (χ1n) is 6.51. The third-order valence-corrected chi connectivity index (χ3v) is 3.10. The lowest BCUT2D eigenvalue weighted by Gasteiger charge is -2.22. The number of hydrogen-bond donors (Lipinski definition) is 0. The van der Waals surface area contributed by atoms with Crippen LogP contribution >= 0.6 is 0 Å². The lowest BCUT2D eigenvalue weighted by atomic mass is 10.1. The van der Waals surface area contributed by atoms with Gasteiger partial charge in [0, 0.05) is 20.6 Å². The second-order valence-corrected chi connectivity index (χ2v) is 4.74. The number of methoxy groups -OCH3 is 1. The Kier molecular flexibility index (Phi) is 6.01. The molecule has 0 aliphatic rings. The van der Waals surface area contributed by atoms with E-state index in [2.05, 4.69) is 6.07 Å². The van der Waals surface area contributed by atoms with E-state index < -0.39 is 0 Å². The Morgan fingerprint density at radius 1 is 1.40 bits per heavy atom. The Labute approximate surface area is 120 Å². The van der Waals surface area contributed by atoms with Gasteiger partial charge in [-0.05, 0) is 24.2 Å². The SMILES string of the molecule is CCN(CC(=O)N(C)C)Cc1ccc(OC)c(C#N)c1. The summed E-state index contributed by atoms with van der Waals surface area (Å²) in [6, 6.07) is 7.63. The fourth-order valence-corrected chi connectivity index (χ4v) is 1.81. The summed E-state index contributed by atoms with van der Waals surface area (Å²) in [7, 11) is 5.04. The summed E-state index contributed by atoms with van der Waals surface area (Å²) in [4.78, 5) is 15.4. The molecule has 0 bridgehead atoms. The zero-order chi connectivity index (χ0) is 15.1. The van der Waals surface area contributed by atoms with E-state index in [1.807, 2.05) is 24.0 Å². The van der Waals surface area contributed by atoms with Gasteiger partial charge in [0.05, 0.1) is 19.2 Å². The largest absolute Gasteiger partial charge is 0.495 e. The van der Waals surface area contributed by atoms with Crippen LogP contribution in [0.4, 0.5) is 0 Å². The molecule has 0 aliphatic heterocycles. The number of likely N-dealkylation sites (N-methyl/N-ethyl adjacent to an activating group) is 2. The minimum Gasteiger partial charge on any atom is -0.495 e. The highest BCUT2D eigenvalue weighted by molar-refractivity contribution is 5.77. The molecule has 0 radical (unpaired) electrons. The molecule has 0 atom stereocenters. The fourth-order valence-electron chi connectivity index (χ4n) is 1.81. The number of benzene rings is 1. The molecule has 1 rings (SSSR count). The van der Waals surface area contributed by atoms with Crippen molar-refractivity contribution in [3.8, 4) is 11.8 Å². The number of nitriles is 1. The van der Waals surface area contributed by atoms with Gasteiger partial charge in [-0.1, -0.05) is 13.0 Å². The predicted molar refractivity (Wildman–Crippen MR) is 77.4 cm³/mol.